The first-order valence-corrected chi connectivity index (χ1v) is 11.3. The van der Waals surface area contributed by atoms with Crippen molar-refractivity contribution in [2.24, 2.45) is 0 Å². The van der Waals surface area contributed by atoms with Gasteiger partial charge in [0.05, 0.1) is 5.75 Å². The SMILES string of the molecule is C=CCn1c(CCCCCCC)nnc1SCC(=O)N1CCc2ccccc21. The van der Waals surface area contributed by atoms with Gasteiger partial charge in [0.15, 0.2) is 5.16 Å². The fourth-order valence-corrected chi connectivity index (χ4v) is 4.45. The van der Waals surface area contributed by atoms with Gasteiger partial charge in [-0.05, 0) is 24.5 Å². The number of para-hydroxylation sites is 1. The van der Waals surface area contributed by atoms with Gasteiger partial charge in [0.25, 0.3) is 0 Å². The Morgan fingerprint density at radius 2 is 2.04 bits per heavy atom. The third-order valence-electron chi connectivity index (χ3n) is 5.12. The highest BCUT2D eigenvalue weighted by molar-refractivity contribution is 7.99. The van der Waals surface area contributed by atoms with Crippen molar-refractivity contribution < 1.29 is 4.79 Å². The molecule has 1 aromatic carbocycles. The molecule has 0 fully saturated rings. The molecule has 1 aromatic heterocycles. The number of carbonyl (C=O) groups excluding carboxylic acids is 1. The van der Waals surface area contributed by atoms with Crippen molar-refractivity contribution in [3.05, 3.63) is 48.3 Å². The normalized spacial score (nSPS) is 13.0. The van der Waals surface area contributed by atoms with E-state index in [1.54, 1.807) is 0 Å². The summed E-state index contributed by atoms with van der Waals surface area (Å²) in [5, 5.41) is 9.54. The second-order valence-electron chi connectivity index (χ2n) is 7.18. The lowest BCUT2D eigenvalue weighted by Crippen LogP contribution is -2.30. The molecule has 0 atom stereocenters. The molecule has 0 saturated carbocycles. The first kappa shape index (κ1) is 20.6. The van der Waals surface area contributed by atoms with Gasteiger partial charge in [-0.1, -0.05) is 68.6 Å². The summed E-state index contributed by atoms with van der Waals surface area (Å²) in [4.78, 5) is 14.7. The average molecular weight is 399 g/mol. The molecule has 0 aliphatic carbocycles. The lowest BCUT2D eigenvalue weighted by molar-refractivity contribution is -0.116. The Bertz CT molecular complexity index is 802. The second-order valence-corrected chi connectivity index (χ2v) is 8.12. The van der Waals surface area contributed by atoms with E-state index in [1.807, 2.05) is 29.2 Å². The minimum Gasteiger partial charge on any atom is -0.311 e. The number of aromatic nitrogens is 3. The largest absolute Gasteiger partial charge is 0.311 e. The first-order chi connectivity index (χ1) is 13.7. The third kappa shape index (κ3) is 5.04. The molecule has 3 rings (SSSR count). The molecule has 0 unspecified atom stereocenters. The van der Waals surface area contributed by atoms with Gasteiger partial charge in [-0.3, -0.25) is 4.79 Å². The Kier molecular flexibility index (Phi) is 7.71. The van der Waals surface area contributed by atoms with Crippen molar-refractivity contribution in [3.8, 4) is 0 Å². The van der Waals surface area contributed by atoms with Crippen LogP contribution in [0.4, 0.5) is 5.69 Å². The standard InChI is InChI=1S/C22H30N4OS/c1-3-5-6-7-8-13-20-23-24-22(26(20)15-4-2)28-17-21(27)25-16-14-18-11-9-10-12-19(18)25/h4,9-12H,2-3,5-8,13-17H2,1H3. The van der Waals surface area contributed by atoms with Gasteiger partial charge in [-0.25, -0.2) is 0 Å². The van der Waals surface area contributed by atoms with E-state index in [9.17, 15) is 4.79 Å². The predicted molar refractivity (Wildman–Crippen MR) is 116 cm³/mol. The number of amides is 1. The summed E-state index contributed by atoms with van der Waals surface area (Å²) in [5.74, 6) is 1.50. The van der Waals surface area contributed by atoms with Crippen LogP contribution in [0.2, 0.25) is 0 Å². The molecule has 0 spiro atoms. The van der Waals surface area contributed by atoms with E-state index < -0.39 is 0 Å². The Morgan fingerprint density at radius 1 is 1.21 bits per heavy atom. The number of aryl methyl sites for hydroxylation is 1. The zero-order valence-electron chi connectivity index (χ0n) is 16.8. The Labute approximate surface area is 172 Å². The number of carbonyl (C=O) groups is 1. The van der Waals surface area contributed by atoms with Crippen molar-refractivity contribution in [2.45, 2.75) is 63.6 Å². The number of fused-ring (bicyclic) bond motifs is 1. The van der Waals surface area contributed by atoms with Crippen molar-refractivity contribution >= 4 is 23.4 Å². The minimum absolute atomic E-state index is 0.129. The fraction of sp³-hybridized carbons (Fsp3) is 0.500. The maximum absolute atomic E-state index is 12.8. The highest BCUT2D eigenvalue weighted by Gasteiger charge is 2.24. The monoisotopic (exact) mass is 398 g/mol. The molecule has 150 valence electrons. The summed E-state index contributed by atoms with van der Waals surface area (Å²) in [6.07, 6.45) is 9.91. The second kappa shape index (κ2) is 10.5. The summed E-state index contributed by atoms with van der Waals surface area (Å²) >= 11 is 1.48. The average Bonchev–Trinajstić information content (AvgIpc) is 3.31. The van der Waals surface area contributed by atoms with Crippen LogP contribution in [0, 0.1) is 0 Å². The Balaban J connectivity index is 1.58. The molecule has 2 aromatic rings. The number of rotatable bonds is 11. The molecular formula is C22H30N4OS. The molecule has 28 heavy (non-hydrogen) atoms. The number of benzene rings is 1. The zero-order chi connectivity index (χ0) is 19.8. The van der Waals surface area contributed by atoms with Crippen molar-refractivity contribution in [1.29, 1.82) is 0 Å². The summed E-state index contributed by atoms with van der Waals surface area (Å²) in [7, 11) is 0. The maximum atomic E-state index is 12.8. The van der Waals surface area contributed by atoms with Gasteiger partial charge in [-0.15, -0.1) is 16.8 Å². The summed E-state index contributed by atoms with van der Waals surface area (Å²) < 4.78 is 2.10. The third-order valence-corrected chi connectivity index (χ3v) is 6.07. The number of allylic oxidation sites excluding steroid dienone is 1. The Morgan fingerprint density at radius 3 is 2.86 bits per heavy atom. The highest BCUT2D eigenvalue weighted by Crippen LogP contribution is 2.29. The van der Waals surface area contributed by atoms with Gasteiger partial charge in [-0.2, -0.15) is 0 Å². The summed E-state index contributed by atoms with van der Waals surface area (Å²) in [6.45, 7) is 7.54. The highest BCUT2D eigenvalue weighted by atomic mass is 32.2. The van der Waals surface area contributed by atoms with Gasteiger partial charge in [0.2, 0.25) is 5.91 Å². The van der Waals surface area contributed by atoms with Gasteiger partial charge in [0, 0.05) is 25.2 Å². The van der Waals surface area contributed by atoms with Crippen LogP contribution in [-0.4, -0.2) is 33.0 Å². The van der Waals surface area contributed by atoms with Crippen LogP contribution < -0.4 is 4.90 Å². The summed E-state index contributed by atoms with van der Waals surface area (Å²) in [5.41, 5.74) is 2.30. The number of thioether (sulfide) groups is 1. The molecule has 1 aliphatic heterocycles. The zero-order valence-corrected chi connectivity index (χ0v) is 17.6. The quantitative estimate of drug-likeness (QED) is 0.314. The molecule has 0 saturated heterocycles. The Hall–Kier alpha value is -2.08. The van der Waals surface area contributed by atoms with Crippen LogP contribution in [0.1, 0.15) is 50.4 Å². The number of hydrogen-bond acceptors (Lipinski definition) is 4. The van der Waals surface area contributed by atoms with E-state index in [1.165, 1.54) is 43.0 Å². The van der Waals surface area contributed by atoms with Crippen LogP contribution in [0.5, 0.6) is 0 Å². The molecule has 0 bridgehead atoms. The smallest absolute Gasteiger partial charge is 0.237 e. The molecule has 5 nitrogen and oxygen atoms in total. The van der Waals surface area contributed by atoms with Crippen LogP contribution >= 0.6 is 11.8 Å². The first-order valence-electron chi connectivity index (χ1n) is 10.3. The van der Waals surface area contributed by atoms with E-state index in [4.69, 9.17) is 0 Å². The van der Waals surface area contributed by atoms with Crippen molar-refractivity contribution in [1.82, 2.24) is 14.8 Å². The van der Waals surface area contributed by atoms with Gasteiger partial charge in [0.1, 0.15) is 5.82 Å². The molecule has 1 amide bonds. The van der Waals surface area contributed by atoms with Gasteiger partial charge < -0.3 is 9.47 Å². The van der Waals surface area contributed by atoms with E-state index >= 15 is 0 Å². The molecule has 1 aliphatic rings. The lowest BCUT2D eigenvalue weighted by Gasteiger charge is -2.17. The van der Waals surface area contributed by atoms with Crippen LogP contribution in [0.15, 0.2) is 42.1 Å². The number of anilines is 1. The van der Waals surface area contributed by atoms with Gasteiger partial charge >= 0.3 is 0 Å². The fourth-order valence-electron chi connectivity index (χ4n) is 3.61. The van der Waals surface area contributed by atoms with E-state index in [2.05, 4.69) is 34.3 Å². The van der Waals surface area contributed by atoms with Crippen LogP contribution in [0.3, 0.4) is 0 Å². The van der Waals surface area contributed by atoms with E-state index in [0.29, 0.717) is 12.3 Å². The van der Waals surface area contributed by atoms with Crippen LogP contribution in [0.25, 0.3) is 0 Å². The van der Waals surface area contributed by atoms with Crippen LogP contribution in [-0.2, 0) is 24.2 Å². The molecular weight excluding hydrogens is 368 g/mol. The van der Waals surface area contributed by atoms with Crippen molar-refractivity contribution in [3.63, 3.8) is 0 Å². The maximum Gasteiger partial charge on any atom is 0.237 e. The number of hydrogen-bond donors (Lipinski definition) is 0. The van der Waals surface area contributed by atoms with E-state index in [-0.39, 0.29) is 5.91 Å². The van der Waals surface area contributed by atoms with Crippen molar-refractivity contribution in [2.75, 3.05) is 17.2 Å². The number of nitrogens with zero attached hydrogens (tertiary/aromatic N) is 4. The summed E-state index contributed by atoms with van der Waals surface area (Å²) in [6, 6.07) is 8.15. The molecule has 0 N–H and O–H groups in total. The molecule has 0 radical (unpaired) electrons. The van der Waals surface area contributed by atoms with E-state index in [0.717, 1.165) is 42.5 Å². The molecule has 6 heteroatoms. The topological polar surface area (TPSA) is 51.0 Å². The number of unbranched alkanes of at least 4 members (excludes halogenated alkanes) is 4. The predicted octanol–water partition coefficient (Wildman–Crippen LogP) is 4.66. The lowest BCUT2D eigenvalue weighted by atomic mass is 10.1. The minimum atomic E-state index is 0.129. The molecule has 2 heterocycles.